The highest BCUT2D eigenvalue weighted by Crippen LogP contribution is 2.39. The summed E-state index contributed by atoms with van der Waals surface area (Å²) in [6.07, 6.45) is 0. The third-order valence-corrected chi connectivity index (χ3v) is 4.42. The van der Waals surface area contributed by atoms with Gasteiger partial charge in [-0.2, -0.15) is 18.6 Å². The number of carbonyl (C=O) groups is 2. The van der Waals surface area contributed by atoms with Crippen LogP contribution in [-0.4, -0.2) is 40.6 Å². The maximum Gasteiger partial charge on any atom is 0.333 e. The molecule has 0 fully saturated rings. The largest absolute Gasteiger partial charge is 0.502 e. The van der Waals surface area contributed by atoms with Crippen LogP contribution in [0.4, 0.5) is 11.4 Å². The van der Waals surface area contributed by atoms with Crippen molar-refractivity contribution in [1.29, 1.82) is 0 Å². The van der Waals surface area contributed by atoms with Gasteiger partial charge in [0.25, 0.3) is 0 Å². The summed E-state index contributed by atoms with van der Waals surface area (Å²) in [5.41, 5.74) is -1.89. The molecule has 0 heterocycles. The Hall–Kier alpha value is -3.51. The minimum absolute atomic E-state index is 0.147. The summed E-state index contributed by atoms with van der Waals surface area (Å²) in [4.78, 5) is 32.8. The summed E-state index contributed by atoms with van der Waals surface area (Å²) < 4.78 is 32.4. The predicted molar refractivity (Wildman–Crippen MR) is 94.3 cm³/mol. The standard InChI is InChI=1S/C16H13N3O8S/c1-9(20)13(15(22)10-5-3-2-4-6-10)18-17-11-7-8-12(21)14(19(23)24)16(11)28(25,26)27/h2-8,13,21H,1H3,(H,25,26,27). The Kier molecular flexibility index (Phi) is 5.96. The van der Waals surface area contributed by atoms with Gasteiger partial charge in [-0.15, -0.1) is 0 Å². The Morgan fingerprint density at radius 1 is 1.14 bits per heavy atom. The van der Waals surface area contributed by atoms with E-state index in [4.69, 9.17) is 0 Å². The number of ketones is 2. The molecule has 1 unspecified atom stereocenters. The fraction of sp³-hybridized carbons (Fsp3) is 0.125. The van der Waals surface area contributed by atoms with Crippen LogP contribution in [0.2, 0.25) is 0 Å². The molecule has 2 aromatic carbocycles. The molecule has 2 rings (SSSR count). The number of rotatable bonds is 7. The van der Waals surface area contributed by atoms with Gasteiger partial charge in [-0.05, 0) is 19.1 Å². The van der Waals surface area contributed by atoms with Gasteiger partial charge in [-0.3, -0.25) is 24.3 Å². The molecule has 0 bridgehead atoms. The van der Waals surface area contributed by atoms with Crippen LogP contribution in [0.5, 0.6) is 5.75 Å². The zero-order valence-corrected chi connectivity index (χ0v) is 15.0. The molecular weight excluding hydrogens is 394 g/mol. The van der Waals surface area contributed by atoms with Gasteiger partial charge in [0, 0.05) is 5.56 Å². The van der Waals surface area contributed by atoms with Crippen molar-refractivity contribution >= 4 is 33.1 Å². The topological polar surface area (TPSA) is 177 Å². The first kappa shape index (κ1) is 20.8. The van der Waals surface area contributed by atoms with Crippen LogP contribution < -0.4 is 0 Å². The number of hydrogen-bond acceptors (Lipinski definition) is 9. The smallest absolute Gasteiger partial charge is 0.333 e. The van der Waals surface area contributed by atoms with Crippen LogP contribution in [0.3, 0.4) is 0 Å². The molecule has 0 aromatic heterocycles. The summed E-state index contributed by atoms with van der Waals surface area (Å²) in [5.74, 6) is -2.46. The van der Waals surface area contributed by atoms with Crippen LogP contribution in [0, 0.1) is 10.1 Å². The van der Waals surface area contributed by atoms with Gasteiger partial charge >= 0.3 is 15.8 Å². The molecule has 0 aliphatic carbocycles. The van der Waals surface area contributed by atoms with E-state index in [2.05, 4.69) is 10.2 Å². The fourth-order valence-electron chi connectivity index (χ4n) is 2.26. The predicted octanol–water partition coefficient (Wildman–Crippen LogP) is 2.47. The van der Waals surface area contributed by atoms with Crippen LogP contribution in [0.25, 0.3) is 0 Å². The van der Waals surface area contributed by atoms with Crippen molar-refractivity contribution in [2.24, 2.45) is 10.2 Å². The Morgan fingerprint density at radius 2 is 1.75 bits per heavy atom. The lowest BCUT2D eigenvalue weighted by Gasteiger charge is -2.08. The maximum atomic E-state index is 12.4. The zero-order valence-electron chi connectivity index (χ0n) is 14.2. The van der Waals surface area contributed by atoms with Crippen molar-refractivity contribution in [2.45, 2.75) is 17.9 Å². The molecule has 146 valence electrons. The van der Waals surface area contributed by atoms with E-state index in [-0.39, 0.29) is 5.56 Å². The molecule has 1 atom stereocenters. The molecule has 0 aliphatic rings. The summed E-state index contributed by atoms with van der Waals surface area (Å²) in [6, 6.07) is 7.59. The molecule has 11 nitrogen and oxygen atoms in total. The van der Waals surface area contributed by atoms with E-state index in [0.717, 1.165) is 19.1 Å². The lowest BCUT2D eigenvalue weighted by molar-refractivity contribution is -0.388. The van der Waals surface area contributed by atoms with Gasteiger partial charge in [0.15, 0.2) is 23.4 Å². The van der Waals surface area contributed by atoms with E-state index in [0.29, 0.717) is 0 Å². The number of hydrogen-bond donors (Lipinski definition) is 2. The van der Waals surface area contributed by atoms with Crippen LogP contribution in [0.15, 0.2) is 57.6 Å². The van der Waals surface area contributed by atoms with E-state index in [9.17, 15) is 37.8 Å². The van der Waals surface area contributed by atoms with E-state index >= 15 is 0 Å². The van der Waals surface area contributed by atoms with Gasteiger partial charge in [0.2, 0.25) is 4.90 Å². The molecule has 12 heteroatoms. The zero-order chi connectivity index (χ0) is 21.1. The number of azo groups is 1. The van der Waals surface area contributed by atoms with E-state index < -0.39 is 54.7 Å². The van der Waals surface area contributed by atoms with Crippen molar-refractivity contribution < 1.29 is 32.6 Å². The first-order valence-corrected chi connectivity index (χ1v) is 8.96. The second-order valence-electron chi connectivity index (χ2n) is 5.47. The summed E-state index contributed by atoms with van der Waals surface area (Å²) in [5, 5.41) is 27.6. The molecule has 0 spiro atoms. The molecule has 0 radical (unpaired) electrons. The quantitative estimate of drug-likeness (QED) is 0.175. The molecular formula is C16H13N3O8S. The Labute approximate surface area is 158 Å². The molecule has 0 saturated heterocycles. The third kappa shape index (κ3) is 4.42. The third-order valence-electron chi connectivity index (χ3n) is 3.50. The van der Waals surface area contributed by atoms with Gasteiger partial charge in [-0.1, -0.05) is 30.3 Å². The SMILES string of the molecule is CC(=O)C(N=Nc1ccc(O)c([N+](=O)[O-])c1S(=O)(=O)O)C(=O)c1ccccc1. The fourth-order valence-corrected chi connectivity index (χ4v) is 3.05. The van der Waals surface area contributed by atoms with Gasteiger partial charge in [0.05, 0.1) is 4.92 Å². The number of phenols is 1. The van der Waals surface area contributed by atoms with E-state index in [1.165, 1.54) is 12.1 Å². The number of nitro benzene ring substituents is 1. The molecule has 28 heavy (non-hydrogen) atoms. The number of benzene rings is 2. The lowest BCUT2D eigenvalue weighted by atomic mass is 10.0. The molecule has 2 aromatic rings. The van der Waals surface area contributed by atoms with E-state index in [1.54, 1.807) is 18.2 Å². The van der Waals surface area contributed by atoms with Crippen LogP contribution in [0.1, 0.15) is 17.3 Å². The number of nitro groups is 1. The normalized spacial score (nSPS) is 12.6. The second kappa shape index (κ2) is 8.02. The van der Waals surface area contributed by atoms with Crippen molar-refractivity contribution in [1.82, 2.24) is 0 Å². The molecule has 0 amide bonds. The van der Waals surface area contributed by atoms with Gasteiger partial charge in [0.1, 0.15) is 5.69 Å². The number of phenolic OH excluding ortho intramolecular Hbond substituents is 1. The van der Waals surface area contributed by atoms with Crippen LogP contribution in [-0.2, 0) is 14.9 Å². The van der Waals surface area contributed by atoms with E-state index in [1.807, 2.05) is 0 Å². The maximum absolute atomic E-state index is 12.4. The summed E-state index contributed by atoms with van der Waals surface area (Å²) >= 11 is 0. The van der Waals surface area contributed by atoms with Gasteiger partial charge in [-0.25, -0.2) is 0 Å². The minimum Gasteiger partial charge on any atom is -0.502 e. The average Bonchev–Trinajstić information content (AvgIpc) is 2.61. The monoisotopic (exact) mass is 407 g/mol. The first-order chi connectivity index (χ1) is 13.0. The Bertz CT molecular complexity index is 1080. The second-order valence-corrected chi connectivity index (χ2v) is 6.83. The highest BCUT2D eigenvalue weighted by molar-refractivity contribution is 7.86. The average molecular weight is 407 g/mol. The number of nitrogens with zero attached hydrogens (tertiary/aromatic N) is 3. The number of aromatic hydroxyl groups is 1. The lowest BCUT2D eigenvalue weighted by Crippen LogP contribution is -2.26. The Balaban J connectivity index is 2.58. The minimum atomic E-state index is -5.20. The summed E-state index contributed by atoms with van der Waals surface area (Å²) in [6.45, 7) is 1.06. The number of carbonyl (C=O) groups excluding carboxylic acids is 2. The first-order valence-electron chi connectivity index (χ1n) is 7.52. The molecule has 0 aliphatic heterocycles. The molecule has 0 saturated carbocycles. The number of Topliss-reactive ketones (excluding diaryl/α,β-unsaturated/α-hetero) is 2. The van der Waals surface area contributed by atoms with Crippen molar-refractivity contribution in [3.8, 4) is 5.75 Å². The Morgan fingerprint density at radius 3 is 2.25 bits per heavy atom. The van der Waals surface area contributed by atoms with Crippen molar-refractivity contribution in [2.75, 3.05) is 0 Å². The summed E-state index contributed by atoms with van der Waals surface area (Å²) in [7, 11) is -5.20. The molecule has 2 N–H and O–H groups in total. The highest BCUT2D eigenvalue weighted by Gasteiger charge is 2.33. The van der Waals surface area contributed by atoms with Gasteiger partial charge < -0.3 is 5.11 Å². The van der Waals surface area contributed by atoms with Crippen molar-refractivity contribution in [3.63, 3.8) is 0 Å². The van der Waals surface area contributed by atoms with Crippen molar-refractivity contribution in [3.05, 3.63) is 58.1 Å². The highest BCUT2D eigenvalue weighted by atomic mass is 32.2. The van der Waals surface area contributed by atoms with Crippen LogP contribution >= 0.6 is 0 Å².